The summed E-state index contributed by atoms with van der Waals surface area (Å²) < 4.78 is 0. The Morgan fingerprint density at radius 1 is 1.23 bits per heavy atom. The highest BCUT2D eigenvalue weighted by molar-refractivity contribution is 8.00. The van der Waals surface area contributed by atoms with Gasteiger partial charge < -0.3 is 26.6 Å². The van der Waals surface area contributed by atoms with E-state index in [9.17, 15) is 28.8 Å². The second kappa shape index (κ2) is 11.1. The third-order valence-corrected chi connectivity index (χ3v) is 5.60. The molecule has 31 heavy (non-hydrogen) atoms. The molecule has 0 radical (unpaired) electrons. The van der Waals surface area contributed by atoms with Crippen LogP contribution in [0.25, 0.3) is 0 Å². The van der Waals surface area contributed by atoms with Crippen molar-refractivity contribution in [2.45, 2.75) is 62.9 Å². The van der Waals surface area contributed by atoms with Gasteiger partial charge in [-0.15, -0.1) is 11.8 Å². The van der Waals surface area contributed by atoms with E-state index in [0.29, 0.717) is 0 Å². The lowest BCUT2D eigenvalue weighted by Gasteiger charge is -2.30. The zero-order valence-corrected chi connectivity index (χ0v) is 18.4. The molecule has 0 aromatic heterocycles. The molecule has 13 heteroatoms. The standard InChI is InChI=1S/C18H28N4O8S/c1-18(2,3)22-13(24)6-11(16(22)28)31-8-10(15(27)20-7-14(25)26)21-12(23)5-4-9(19)17(29)30/h9-11H,4-8,19H2,1-3H3,(H,20,27)(H,21,23)(H,25,26)(H,29,30)/t9-,10-,11?/m0/s1. The van der Waals surface area contributed by atoms with Crippen LogP contribution in [0.1, 0.15) is 40.0 Å². The maximum absolute atomic E-state index is 12.6. The summed E-state index contributed by atoms with van der Waals surface area (Å²) in [4.78, 5) is 71.8. The number of carbonyl (C=O) groups is 6. The van der Waals surface area contributed by atoms with Gasteiger partial charge in [0.05, 0.1) is 5.25 Å². The molecule has 12 nitrogen and oxygen atoms in total. The maximum atomic E-state index is 12.6. The fraction of sp³-hybridized carbons (Fsp3) is 0.667. The number of carboxylic acids is 2. The highest BCUT2D eigenvalue weighted by Crippen LogP contribution is 2.30. The van der Waals surface area contributed by atoms with Crippen LogP contribution in [0.15, 0.2) is 0 Å². The molecule has 3 atom stereocenters. The first kappa shape index (κ1) is 26.4. The van der Waals surface area contributed by atoms with Crippen LogP contribution in [-0.2, 0) is 28.8 Å². The van der Waals surface area contributed by atoms with E-state index in [1.165, 1.54) is 0 Å². The monoisotopic (exact) mass is 460 g/mol. The van der Waals surface area contributed by atoms with Gasteiger partial charge >= 0.3 is 11.9 Å². The predicted octanol–water partition coefficient (Wildman–Crippen LogP) is -1.48. The maximum Gasteiger partial charge on any atom is 0.322 e. The van der Waals surface area contributed by atoms with Crippen LogP contribution in [0.2, 0.25) is 0 Å². The summed E-state index contributed by atoms with van der Waals surface area (Å²) in [5.41, 5.74) is 4.66. The summed E-state index contributed by atoms with van der Waals surface area (Å²) in [6, 6.07) is -2.44. The number of rotatable bonds is 11. The summed E-state index contributed by atoms with van der Waals surface area (Å²) in [7, 11) is 0. The summed E-state index contributed by atoms with van der Waals surface area (Å²) in [6.45, 7) is 4.50. The summed E-state index contributed by atoms with van der Waals surface area (Å²) in [5, 5.41) is 21.3. The largest absolute Gasteiger partial charge is 0.480 e. The zero-order chi connectivity index (χ0) is 23.9. The van der Waals surface area contributed by atoms with E-state index < -0.39 is 59.1 Å². The number of imide groups is 1. The number of nitrogens with zero attached hydrogens (tertiary/aromatic N) is 1. The molecule has 0 aliphatic carbocycles. The third-order valence-electron chi connectivity index (χ3n) is 4.31. The lowest BCUT2D eigenvalue weighted by Crippen LogP contribution is -2.50. The lowest BCUT2D eigenvalue weighted by atomic mass is 10.1. The van der Waals surface area contributed by atoms with Crippen molar-refractivity contribution in [1.29, 1.82) is 0 Å². The van der Waals surface area contributed by atoms with Gasteiger partial charge in [-0.2, -0.15) is 0 Å². The molecule has 0 aromatic rings. The Morgan fingerprint density at radius 2 is 1.84 bits per heavy atom. The highest BCUT2D eigenvalue weighted by Gasteiger charge is 2.44. The van der Waals surface area contributed by atoms with Crippen LogP contribution < -0.4 is 16.4 Å². The van der Waals surface area contributed by atoms with Crippen molar-refractivity contribution in [2.24, 2.45) is 5.73 Å². The third kappa shape index (κ3) is 8.17. The van der Waals surface area contributed by atoms with Gasteiger partial charge in [0.25, 0.3) is 0 Å². The van der Waals surface area contributed by atoms with E-state index >= 15 is 0 Å². The Labute approximate surface area is 183 Å². The van der Waals surface area contributed by atoms with Gasteiger partial charge in [-0.05, 0) is 27.2 Å². The molecule has 1 heterocycles. The van der Waals surface area contributed by atoms with Crippen molar-refractivity contribution < 1.29 is 39.0 Å². The summed E-state index contributed by atoms with van der Waals surface area (Å²) in [5.74, 6) is -4.82. The van der Waals surface area contributed by atoms with Crippen molar-refractivity contribution in [3.63, 3.8) is 0 Å². The highest BCUT2D eigenvalue weighted by atomic mass is 32.2. The number of carboxylic acid groups (broad SMARTS) is 2. The van der Waals surface area contributed by atoms with Gasteiger partial charge in [0.2, 0.25) is 23.6 Å². The average molecular weight is 461 g/mol. The molecule has 1 aliphatic rings. The zero-order valence-electron chi connectivity index (χ0n) is 17.5. The van der Waals surface area contributed by atoms with Gasteiger partial charge in [-0.1, -0.05) is 0 Å². The van der Waals surface area contributed by atoms with Crippen LogP contribution in [0.4, 0.5) is 0 Å². The number of thioether (sulfide) groups is 1. The number of carbonyl (C=O) groups excluding carboxylic acids is 4. The predicted molar refractivity (Wildman–Crippen MR) is 110 cm³/mol. The molecule has 174 valence electrons. The van der Waals surface area contributed by atoms with Gasteiger partial charge in [-0.3, -0.25) is 33.7 Å². The van der Waals surface area contributed by atoms with Crippen molar-refractivity contribution in [2.75, 3.05) is 12.3 Å². The van der Waals surface area contributed by atoms with Gasteiger partial charge in [0.15, 0.2) is 0 Å². The molecule has 4 amide bonds. The van der Waals surface area contributed by atoms with E-state index in [-0.39, 0.29) is 30.9 Å². The molecule has 1 rings (SSSR count). The van der Waals surface area contributed by atoms with Crippen molar-refractivity contribution in [1.82, 2.24) is 15.5 Å². The number of aliphatic carboxylic acids is 2. The molecule has 1 fully saturated rings. The summed E-state index contributed by atoms with van der Waals surface area (Å²) in [6.07, 6.45) is -0.473. The minimum atomic E-state index is -1.28. The molecule has 1 aliphatic heterocycles. The second-order valence-corrected chi connectivity index (χ2v) is 9.22. The number of amides is 4. The molecular formula is C18H28N4O8S. The van der Waals surface area contributed by atoms with Crippen LogP contribution >= 0.6 is 11.8 Å². The van der Waals surface area contributed by atoms with Crippen molar-refractivity contribution in [3.05, 3.63) is 0 Å². The fourth-order valence-corrected chi connectivity index (χ4v) is 3.96. The second-order valence-electron chi connectivity index (χ2n) is 7.98. The van der Waals surface area contributed by atoms with Crippen LogP contribution in [0, 0.1) is 0 Å². The SMILES string of the molecule is CC(C)(C)N1C(=O)CC(SC[C@H](NC(=O)CC[C@H](N)C(=O)O)C(=O)NCC(=O)O)C1=O. The normalized spacial score (nSPS) is 18.5. The Kier molecular flexibility index (Phi) is 9.43. The van der Waals surface area contributed by atoms with Gasteiger partial charge in [0.1, 0.15) is 18.6 Å². The van der Waals surface area contributed by atoms with Gasteiger partial charge in [-0.25, -0.2) is 0 Å². The quantitative estimate of drug-likeness (QED) is 0.227. The average Bonchev–Trinajstić information content (AvgIpc) is 2.94. The summed E-state index contributed by atoms with van der Waals surface area (Å²) >= 11 is 1.00. The Morgan fingerprint density at radius 3 is 2.32 bits per heavy atom. The first-order chi connectivity index (χ1) is 14.2. The van der Waals surface area contributed by atoms with Gasteiger partial charge in [0, 0.05) is 24.1 Å². The molecule has 1 saturated heterocycles. The first-order valence-electron chi connectivity index (χ1n) is 9.49. The van der Waals surface area contributed by atoms with E-state index in [2.05, 4.69) is 10.6 Å². The topological polar surface area (TPSA) is 196 Å². The number of hydrogen-bond acceptors (Lipinski definition) is 8. The Balaban J connectivity index is 2.78. The molecule has 0 aromatic carbocycles. The molecular weight excluding hydrogens is 432 g/mol. The Bertz CT molecular complexity index is 751. The van der Waals surface area contributed by atoms with Crippen molar-refractivity contribution >= 4 is 47.3 Å². The molecule has 0 spiro atoms. The van der Waals surface area contributed by atoms with E-state index in [0.717, 1.165) is 16.7 Å². The minimum Gasteiger partial charge on any atom is -0.480 e. The minimum absolute atomic E-state index is 0.0500. The fourth-order valence-electron chi connectivity index (χ4n) is 2.80. The smallest absolute Gasteiger partial charge is 0.322 e. The number of nitrogens with one attached hydrogen (secondary N) is 2. The van der Waals surface area contributed by atoms with E-state index in [4.69, 9.17) is 15.9 Å². The number of nitrogens with two attached hydrogens (primary N) is 1. The van der Waals surface area contributed by atoms with Crippen LogP contribution in [0.5, 0.6) is 0 Å². The van der Waals surface area contributed by atoms with Crippen molar-refractivity contribution in [3.8, 4) is 0 Å². The van der Waals surface area contributed by atoms with Crippen LogP contribution in [-0.4, -0.2) is 85.9 Å². The van der Waals surface area contributed by atoms with E-state index in [1.807, 2.05) is 0 Å². The molecule has 0 bridgehead atoms. The molecule has 6 N–H and O–H groups in total. The number of hydrogen-bond donors (Lipinski definition) is 5. The lowest BCUT2D eigenvalue weighted by molar-refractivity contribution is -0.144. The number of likely N-dealkylation sites (tertiary alicyclic amines) is 1. The first-order valence-corrected chi connectivity index (χ1v) is 10.5. The van der Waals surface area contributed by atoms with E-state index in [1.54, 1.807) is 20.8 Å². The molecule has 1 unspecified atom stereocenters. The van der Waals surface area contributed by atoms with Crippen LogP contribution in [0.3, 0.4) is 0 Å². The molecule has 0 saturated carbocycles. The Hall–Kier alpha value is -2.67.